The van der Waals surface area contributed by atoms with Gasteiger partial charge in [0, 0.05) is 22.8 Å². The molecule has 0 fully saturated rings. The molecule has 2 aromatic rings. The van der Waals surface area contributed by atoms with Gasteiger partial charge in [-0.1, -0.05) is 35.9 Å². The van der Waals surface area contributed by atoms with Crippen molar-refractivity contribution in [2.45, 2.75) is 39.5 Å². The number of fused-ring (bicyclic) bond motifs is 1. The molecule has 0 saturated heterocycles. The molecule has 4 rings (SSSR count). The normalized spacial score (nSPS) is 16.2. The van der Waals surface area contributed by atoms with Crippen LogP contribution in [0.4, 0.5) is 5.69 Å². The fourth-order valence-corrected chi connectivity index (χ4v) is 3.90. The lowest BCUT2D eigenvalue weighted by molar-refractivity contribution is -0.110. The van der Waals surface area contributed by atoms with Crippen molar-refractivity contribution >= 4 is 22.7 Å². The monoisotopic (exact) mass is 345 g/mol. The van der Waals surface area contributed by atoms with E-state index < -0.39 is 0 Å². The van der Waals surface area contributed by atoms with E-state index in [9.17, 15) is 9.90 Å². The van der Waals surface area contributed by atoms with Gasteiger partial charge in [0.2, 0.25) is 0 Å². The van der Waals surface area contributed by atoms with E-state index >= 15 is 0 Å². The third kappa shape index (κ3) is 2.84. The summed E-state index contributed by atoms with van der Waals surface area (Å²) in [4.78, 5) is 12.2. The number of aromatic hydroxyl groups is 1. The van der Waals surface area contributed by atoms with E-state index in [1.807, 2.05) is 19.9 Å². The Labute approximate surface area is 154 Å². The van der Waals surface area contributed by atoms with Crippen LogP contribution in [0.25, 0.3) is 22.3 Å². The number of anilines is 1. The summed E-state index contributed by atoms with van der Waals surface area (Å²) in [6.07, 6.45) is 7.18. The number of amides is 1. The summed E-state index contributed by atoms with van der Waals surface area (Å²) in [6, 6.07) is 11.9. The molecule has 0 aromatic heterocycles. The molecule has 0 radical (unpaired) electrons. The lowest BCUT2D eigenvalue weighted by Gasteiger charge is -2.14. The number of phenols is 1. The van der Waals surface area contributed by atoms with E-state index in [4.69, 9.17) is 0 Å². The predicted octanol–water partition coefficient (Wildman–Crippen LogP) is 5.76. The maximum absolute atomic E-state index is 12.2. The van der Waals surface area contributed by atoms with Gasteiger partial charge in [0.05, 0.1) is 5.69 Å². The van der Waals surface area contributed by atoms with Crippen LogP contribution in [0.15, 0.2) is 48.0 Å². The highest BCUT2D eigenvalue weighted by atomic mass is 16.3. The van der Waals surface area contributed by atoms with Gasteiger partial charge in [-0.25, -0.2) is 0 Å². The first-order chi connectivity index (χ1) is 12.5. The third-order valence-electron chi connectivity index (χ3n) is 5.24. The fraction of sp³-hybridized carbons (Fsp3) is 0.261. The number of hydrogen-bond acceptors (Lipinski definition) is 2. The van der Waals surface area contributed by atoms with Gasteiger partial charge < -0.3 is 10.4 Å². The maximum Gasteiger partial charge on any atom is 0.256 e. The molecule has 2 aromatic carbocycles. The number of allylic oxidation sites excluding steroid dienone is 3. The van der Waals surface area contributed by atoms with Gasteiger partial charge in [-0.2, -0.15) is 0 Å². The first-order valence-electron chi connectivity index (χ1n) is 9.20. The molecule has 1 heterocycles. The number of phenolic OH excluding ortho intramolecular Hbond substituents is 1. The first kappa shape index (κ1) is 16.6. The van der Waals surface area contributed by atoms with Crippen LogP contribution in [-0.2, 0) is 4.79 Å². The molecule has 1 amide bonds. The van der Waals surface area contributed by atoms with Crippen molar-refractivity contribution in [3.63, 3.8) is 0 Å². The highest BCUT2D eigenvalue weighted by Gasteiger charge is 2.27. The molecule has 0 spiro atoms. The van der Waals surface area contributed by atoms with Crippen LogP contribution in [0.5, 0.6) is 5.75 Å². The minimum atomic E-state index is -0.101. The number of rotatable bonds is 2. The minimum Gasteiger partial charge on any atom is -0.507 e. The molecule has 1 aliphatic heterocycles. The standard InChI is InChI=1S/C23H23NO2/c1-14(2)22-19-12-18(21(25)13-20(19)24-23(22)26)17-10-8-16(9-11-17)15-6-4-3-5-7-15/h6,8-13,25H,3-5,7H2,1-2H3,(H,24,26). The average molecular weight is 345 g/mol. The van der Waals surface area contributed by atoms with Crippen molar-refractivity contribution in [3.8, 4) is 16.9 Å². The largest absolute Gasteiger partial charge is 0.507 e. The summed E-state index contributed by atoms with van der Waals surface area (Å²) in [5.41, 5.74) is 7.60. The van der Waals surface area contributed by atoms with Crippen molar-refractivity contribution in [1.29, 1.82) is 0 Å². The number of nitrogens with one attached hydrogen (secondary N) is 1. The topological polar surface area (TPSA) is 49.3 Å². The van der Waals surface area contributed by atoms with Crippen LogP contribution in [0, 0.1) is 0 Å². The van der Waals surface area contributed by atoms with Gasteiger partial charge in [-0.15, -0.1) is 0 Å². The van der Waals surface area contributed by atoms with E-state index in [1.165, 1.54) is 24.0 Å². The molecule has 0 unspecified atom stereocenters. The Balaban J connectivity index is 1.74. The summed E-state index contributed by atoms with van der Waals surface area (Å²) in [6.45, 7) is 3.87. The number of carbonyl (C=O) groups excluding carboxylic acids is 1. The highest BCUT2D eigenvalue weighted by Crippen LogP contribution is 2.42. The van der Waals surface area contributed by atoms with E-state index in [-0.39, 0.29) is 11.7 Å². The molecule has 2 aliphatic rings. The number of hydrogen-bond donors (Lipinski definition) is 2. The van der Waals surface area contributed by atoms with Crippen LogP contribution in [-0.4, -0.2) is 11.0 Å². The Kier molecular flexibility index (Phi) is 4.15. The van der Waals surface area contributed by atoms with Crippen LogP contribution in [0.2, 0.25) is 0 Å². The maximum atomic E-state index is 12.2. The van der Waals surface area contributed by atoms with Gasteiger partial charge in [-0.05, 0) is 62.3 Å². The third-order valence-corrected chi connectivity index (χ3v) is 5.24. The Morgan fingerprint density at radius 2 is 1.73 bits per heavy atom. The van der Waals surface area contributed by atoms with Crippen molar-refractivity contribution in [2.75, 3.05) is 5.32 Å². The van der Waals surface area contributed by atoms with E-state index in [0.717, 1.165) is 35.1 Å². The summed E-state index contributed by atoms with van der Waals surface area (Å²) in [7, 11) is 0. The van der Waals surface area contributed by atoms with Crippen molar-refractivity contribution in [2.24, 2.45) is 0 Å². The van der Waals surface area contributed by atoms with Gasteiger partial charge in [0.1, 0.15) is 5.75 Å². The van der Waals surface area contributed by atoms with Crippen molar-refractivity contribution in [3.05, 3.63) is 59.2 Å². The van der Waals surface area contributed by atoms with Crippen molar-refractivity contribution in [1.82, 2.24) is 0 Å². The van der Waals surface area contributed by atoms with Gasteiger partial charge in [0.25, 0.3) is 5.91 Å². The van der Waals surface area contributed by atoms with E-state index in [0.29, 0.717) is 11.3 Å². The predicted molar refractivity (Wildman–Crippen MR) is 107 cm³/mol. The van der Waals surface area contributed by atoms with Crippen LogP contribution in [0.3, 0.4) is 0 Å². The Morgan fingerprint density at radius 3 is 2.38 bits per heavy atom. The van der Waals surface area contributed by atoms with Crippen LogP contribution >= 0.6 is 0 Å². The molecule has 0 saturated carbocycles. The molecule has 0 bridgehead atoms. The van der Waals surface area contributed by atoms with E-state index in [1.54, 1.807) is 6.07 Å². The zero-order chi connectivity index (χ0) is 18.3. The molecular formula is C23H23NO2. The molecule has 3 nitrogen and oxygen atoms in total. The second-order valence-corrected chi connectivity index (χ2v) is 7.30. The van der Waals surface area contributed by atoms with Gasteiger partial charge in [0.15, 0.2) is 0 Å². The van der Waals surface area contributed by atoms with Crippen molar-refractivity contribution < 1.29 is 9.90 Å². The molecule has 132 valence electrons. The highest BCUT2D eigenvalue weighted by molar-refractivity contribution is 6.32. The summed E-state index contributed by atoms with van der Waals surface area (Å²) in [5, 5.41) is 13.3. The summed E-state index contributed by atoms with van der Waals surface area (Å²) < 4.78 is 0. The molecule has 1 aliphatic carbocycles. The first-order valence-corrected chi connectivity index (χ1v) is 9.20. The second kappa shape index (κ2) is 6.49. The van der Waals surface area contributed by atoms with Crippen LogP contribution < -0.4 is 5.32 Å². The van der Waals surface area contributed by atoms with E-state index in [2.05, 4.69) is 35.7 Å². The number of benzene rings is 2. The quantitative estimate of drug-likeness (QED) is 0.680. The smallest absolute Gasteiger partial charge is 0.256 e. The van der Waals surface area contributed by atoms with Gasteiger partial charge in [-0.3, -0.25) is 4.79 Å². The zero-order valence-corrected chi connectivity index (χ0v) is 15.2. The minimum absolute atomic E-state index is 0.101. The summed E-state index contributed by atoms with van der Waals surface area (Å²) in [5.74, 6) is 0.0832. The molecule has 26 heavy (non-hydrogen) atoms. The molecule has 2 N–H and O–H groups in total. The zero-order valence-electron chi connectivity index (χ0n) is 15.2. The molecular weight excluding hydrogens is 322 g/mol. The molecule has 0 atom stereocenters. The average Bonchev–Trinajstić information content (AvgIpc) is 2.96. The Bertz CT molecular complexity index is 945. The second-order valence-electron chi connectivity index (χ2n) is 7.30. The van der Waals surface area contributed by atoms with Gasteiger partial charge >= 0.3 is 0 Å². The lowest BCUT2D eigenvalue weighted by atomic mass is 9.91. The Morgan fingerprint density at radius 1 is 1.00 bits per heavy atom. The number of carbonyl (C=O) groups is 1. The molecule has 3 heteroatoms. The fourth-order valence-electron chi connectivity index (χ4n) is 3.90. The summed E-state index contributed by atoms with van der Waals surface area (Å²) >= 11 is 0. The Hall–Kier alpha value is -2.81. The van der Waals surface area contributed by atoms with Crippen LogP contribution in [0.1, 0.15) is 50.7 Å². The SMILES string of the molecule is CC(C)=C1C(=O)Nc2cc(O)c(-c3ccc(C4=CCCCC4)cc3)cc21. The lowest BCUT2D eigenvalue weighted by Crippen LogP contribution is -2.04.